The molecule has 1 aromatic carbocycles. The minimum absolute atomic E-state index is 0.239. The van der Waals surface area contributed by atoms with Crippen LogP contribution in [0.2, 0.25) is 0 Å². The molecule has 2 saturated carbocycles. The van der Waals surface area contributed by atoms with Gasteiger partial charge in [-0.3, -0.25) is 0 Å². The van der Waals surface area contributed by atoms with E-state index in [1.54, 1.807) is 0 Å². The second-order valence-corrected chi connectivity index (χ2v) is 6.50. The highest BCUT2D eigenvalue weighted by Crippen LogP contribution is 2.40. The van der Waals surface area contributed by atoms with Crippen LogP contribution in [0.3, 0.4) is 0 Å². The third-order valence-electron chi connectivity index (χ3n) is 5.22. The molecule has 104 valence electrons. The van der Waals surface area contributed by atoms with E-state index in [1.165, 1.54) is 62.5 Å². The summed E-state index contributed by atoms with van der Waals surface area (Å²) in [7, 11) is 0. The molecular formula is C18H26O. The third kappa shape index (κ3) is 3.02. The topological polar surface area (TPSA) is 20.2 Å². The van der Waals surface area contributed by atoms with Crippen molar-refractivity contribution in [2.24, 2.45) is 5.92 Å². The minimum atomic E-state index is -0.239. The highest BCUT2D eigenvalue weighted by Gasteiger charge is 2.24. The van der Waals surface area contributed by atoms with Crippen molar-refractivity contribution in [3.05, 3.63) is 35.4 Å². The highest BCUT2D eigenvalue weighted by molar-refractivity contribution is 5.33. The fraction of sp³-hybridized carbons (Fsp3) is 0.667. The van der Waals surface area contributed by atoms with Crippen molar-refractivity contribution < 1.29 is 5.11 Å². The van der Waals surface area contributed by atoms with Crippen molar-refractivity contribution >= 4 is 0 Å². The van der Waals surface area contributed by atoms with Crippen molar-refractivity contribution in [2.45, 2.75) is 69.8 Å². The van der Waals surface area contributed by atoms with Crippen molar-refractivity contribution in [3.8, 4) is 0 Å². The van der Waals surface area contributed by atoms with Gasteiger partial charge in [0.15, 0.2) is 0 Å². The molecule has 0 aromatic heterocycles. The average Bonchev–Trinajstić information content (AvgIpc) is 2.88. The SMILES string of the molecule is OC(CCC1CCCC1)c1ccccc1C1CCC1. The monoisotopic (exact) mass is 258 g/mol. The van der Waals surface area contributed by atoms with E-state index in [4.69, 9.17) is 0 Å². The van der Waals surface area contributed by atoms with Crippen LogP contribution in [-0.4, -0.2) is 5.11 Å². The van der Waals surface area contributed by atoms with Crippen LogP contribution in [0, 0.1) is 5.92 Å². The van der Waals surface area contributed by atoms with Crippen LogP contribution in [0.4, 0.5) is 0 Å². The Morgan fingerprint density at radius 2 is 1.74 bits per heavy atom. The van der Waals surface area contributed by atoms with Gasteiger partial charge in [-0.15, -0.1) is 0 Å². The van der Waals surface area contributed by atoms with Gasteiger partial charge in [-0.25, -0.2) is 0 Å². The number of hydrogen-bond donors (Lipinski definition) is 1. The Kier molecular flexibility index (Phi) is 4.22. The average molecular weight is 258 g/mol. The van der Waals surface area contributed by atoms with Crippen LogP contribution in [0.15, 0.2) is 24.3 Å². The molecule has 1 atom stereocenters. The summed E-state index contributed by atoms with van der Waals surface area (Å²) in [6.45, 7) is 0. The molecule has 0 heterocycles. The molecule has 0 radical (unpaired) electrons. The van der Waals surface area contributed by atoms with Gasteiger partial charge in [0.05, 0.1) is 6.10 Å². The van der Waals surface area contributed by atoms with Gasteiger partial charge < -0.3 is 5.11 Å². The van der Waals surface area contributed by atoms with Crippen molar-refractivity contribution in [1.29, 1.82) is 0 Å². The van der Waals surface area contributed by atoms with Gasteiger partial charge in [0.1, 0.15) is 0 Å². The number of aliphatic hydroxyl groups is 1. The summed E-state index contributed by atoms with van der Waals surface area (Å²) in [5, 5.41) is 10.5. The smallest absolute Gasteiger partial charge is 0.0792 e. The van der Waals surface area contributed by atoms with Gasteiger partial charge in [0.25, 0.3) is 0 Å². The molecule has 1 aromatic rings. The molecule has 0 saturated heterocycles. The van der Waals surface area contributed by atoms with Crippen LogP contribution in [0.5, 0.6) is 0 Å². The van der Waals surface area contributed by atoms with Crippen molar-refractivity contribution in [2.75, 3.05) is 0 Å². The van der Waals surface area contributed by atoms with Gasteiger partial charge in [-0.2, -0.15) is 0 Å². The van der Waals surface area contributed by atoms with Crippen LogP contribution >= 0.6 is 0 Å². The quantitative estimate of drug-likeness (QED) is 0.791. The second-order valence-electron chi connectivity index (χ2n) is 6.50. The van der Waals surface area contributed by atoms with E-state index >= 15 is 0 Å². The zero-order valence-electron chi connectivity index (χ0n) is 11.9. The zero-order valence-corrected chi connectivity index (χ0v) is 11.9. The molecule has 1 nitrogen and oxygen atoms in total. The molecule has 0 spiro atoms. The molecule has 1 unspecified atom stereocenters. The maximum atomic E-state index is 10.5. The maximum absolute atomic E-state index is 10.5. The first-order valence-electron chi connectivity index (χ1n) is 8.11. The Morgan fingerprint density at radius 3 is 2.42 bits per heavy atom. The first-order valence-corrected chi connectivity index (χ1v) is 8.11. The van der Waals surface area contributed by atoms with Crippen LogP contribution in [0.25, 0.3) is 0 Å². The third-order valence-corrected chi connectivity index (χ3v) is 5.22. The molecule has 2 aliphatic carbocycles. The lowest BCUT2D eigenvalue weighted by atomic mass is 9.77. The number of aliphatic hydroxyl groups excluding tert-OH is 1. The lowest BCUT2D eigenvalue weighted by Crippen LogP contribution is -2.13. The summed E-state index contributed by atoms with van der Waals surface area (Å²) in [5.74, 6) is 1.60. The molecule has 3 rings (SSSR count). The Balaban J connectivity index is 1.63. The summed E-state index contributed by atoms with van der Waals surface area (Å²) in [6.07, 6.45) is 11.5. The Labute approximate surface area is 117 Å². The van der Waals surface area contributed by atoms with E-state index in [0.717, 1.165) is 18.3 Å². The van der Waals surface area contributed by atoms with Crippen molar-refractivity contribution in [1.82, 2.24) is 0 Å². The lowest BCUT2D eigenvalue weighted by molar-refractivity contribution is 0.154. The summed E-state index contributed by atoms with van der Waals surface area (Å²) < 4.78 is 0. The van der Waals surface area contributed by atoms with Crippen molar-refractivity contribution in [3.63, 3.8) is 0 Å². The highest BCUT2D eigenvalue weighted by atomic mass is 16.3. The first-order chi connectivity index (χ1) is 9.34. The number of rotatable bonds is 5. The Hall–Kier alpha value is -0.820. The summed E-state index contributed by atoms with van der Waals surface area (Å²) in [4.78, 5) is 0. The molecular weight excluding hydrogens is 232 g/mol. The summed E-state index contributed by atoms with van der Waals surface area (Å²) in [5.41, 5.74) is 2.64. The fourth-order valence-electron chi connectivity index (χ4n) is 3.75. The summed E-state index contributed by atoms with van der Waals surface area (Å²) in [6, 6.07) is 8.59. The molecule has 19 heavy (non-hydrogen) atoms. The van der Waals surface area contributed by atoms with Crippen LogP contribution in [0.1, 0.15) is 80.9 Å². The Bertz CT molecular complexity index is 402. The Morgan fingerprint density at radius 1 is 1.00 bits per heavy atom. The molecule has 0 bridgehead atoms. The van der Waals surface area contributed by atoms with E-state index in [2.05, 4.69) is 24.3 Å². The largest absolute Gasteiger partial charge is 0.388 e. The first kappa shape index (κ1) is 13.2. The van der Waals surface area contributed by atoms with E-state index < -0.39 is 0 Å². The molecule has 0 aliphatic heterocycles. The number of benzene rings is 1. The molecule has 1 heteroatoms. The van der Waals surface area contributed by atoms with E-state index in [-0.39, 0.29) is 6.10 Å². The predicted octanol–water partition coefficient (Wildman–Crippen LogP) is 4.96. The molecule has 0 amide bonds. The lowest BCUT2D eigenvalue weighted by Gasteiger charge is -2.29. The fourth-order valence-corrected chi connectivity index (χ4v) is 3.75. The predicted molar refractivity (Wildman–Crippen MR) is 79.2 cm³/mol. The second kappa shape index (κ2) is 6.09. The van der Waals surface area contributed by atoms with Crippen LogP contribution < -0.4 is 0 Å². The van der Waals surface area contributed by atoms with Gasteiger partial charge in [-0.05, 0) is 48.6 Å². The zero-order chi connectivity index (χ0) is 13.1. The van der Waals surface area contributed by atoms with Gasteiger partial charge >= 0.3 is 0 Å². The summed E-state index contributed by atoms with van der Waals surface area (Å²) >= 11 is 0. The molecule has 1 N–H and O–H groups in total. The normalized spacial score (nSPS) is 22.4. The van der Waals surface area contributed by atoms with E-state index in [0.29, 0.717) is 0 Å². The molecule has 2 fully saturated rings. The standard InChI is InChI=1S/C18H26O/c19-18(13-12-14-6-1-2-7-14)17-11-4-3-10-16(17)15-8-5-9-15/h3-4,10-11,14-15,18-19H,1-2,5-9,12-13H2. The maximum Gasteiger partial charge on any atom is 0.0792 e. The van der Waals surface area contributed by atoms with Gasteiger partial charge in [-0.1, -0.05) is 56.4 Å². The van der Waals surface area contributed by atoms with Gasteiger partial charge in [0.2, 0.25) is 0 Å². The minimum Gasteiger partial charge on any atom is -0.388 e. The van der Waals surface area contributed by atoms with Crippen LogP contribution in [-0.2, 0) is 0 Å². The van der Waals surface area contributed by atoms with Gasteiger partial charge in [0, 0.05) is 0 Å². The van der Waals surface area contributed by atoms with E-state index in [1.807, 2.05) is 0 Å². The number of hydrogen-bond acceptors (Lipinski definition) is 1. The van der Waals surface area contributed by atoms with E-state index in [9.17, 15) is 5.11 Å². The molecule has 2 aliphatic rings.